The molecule has 3 saturated heterocycles. The summed E-state index contributed by atoms with van der Waals surface area (Å²) in [5, 5.41) is 11.5. The molecule has 2 bridgehead atoms. The number of nitriles is 1. The lowest BCUT2D eigenvalue weighted by atomic mass is 9.63. The van der Waals surface area contributed by atoms with Gasteiger partial charge >= 0.3 is 0 Å². The van der Waals surface area contributed by atoms with Crippen molar-refractivity contribution in [3.05, 3.63) is 64.7 Å². The van der Waals surface area contributed by atoms with E-state index in [0.29, 0.717) is 42.5 Å². The van der Waals surface area contributed by atoms with Gasteiger partial charge in [0.15, 0.2) is 0 Å². The molecule has 0 aromatic heterocycles. The summed E-state index contributed by atoms with van der Waals surface area (Å²) >= 11 is 0. The quantitative estimate of drug-likeness (QED) is 0.620. The van der Waals surface area contributed by atoms with Gasteiger partial charge in [-0.1, -0.05) is 18.6 Å². The molecule has 4 heterocycles. The molecular weight excluding hydrogens is 480 g/mol. The Morgan fingerprint density at radius 3 is 2.47 bits per heavy atom. The summed E-state index contributed by atoms with van der Waals surface area (Å²) in [6.07, 6.45) is 5.39. The summed E-state index contributed by atoms with van der Waals surface area (Å²) in [7, 11) is 0. The van der Waals surface area contributed by atoms with Crippen molar-refractivity contribution in [2.24, 2.45) is 5.92 Å². The second-order valence-corrected chi connectivity index (χ2v) is 11.6. The number of carbonyl (C=O) groups excluding carboxylic acids is 3. The zero-order chi connectivity index (χ0) is 26.0. The number of likely N-dealkylation sites (tertiary alicyclic amines) is 1. The molecule has 2 aromatic carbocycles. The molecule has 2 saturated carbocycles. The highest BCUT2D eigenvalue weighted by atomic mass is 16.5. The van der Waals surface area contributed by atoms with Crippen LogP contribution in [0.2, 0.25) is 0 Å². The summed E-state index contributed by atoms with van der Waals surface area (Å²) in [6, 6.07) is 16.2. The van der Waals surface area contributed by atoms with E-state index < -0.39 is 5.54 Å². The zero-order valence-electron chi connectivity index (χ0n) is 21.2. The molecule has 8 rings (SSSR count). The maximum absolute atomic E-state index is 13.2. The highest BCUT2D eigenvalue weighted by molar-refractivity contribution is 6.10. The Morgan fingerprint density at radius 2 is 1.74 bits per heavy atom. The van der Waals surface area contributed by atoms with Gasteiger partial charge in [-0.25, -0.2) is 0 Å². The molecule has 1 N–H and O–H groups in total. The van der Waals surface area contributed by atoms with Crippen molar-refractivity contribution in [1.29, 1.82) is 5.26 Å². The standard InChI is InChI=1S/C30H30N4O4/c31-14-18-5-7-19(8-6-18)22-15-33(16-22)25-3-1-2-4-26(25)38-23-9-10-24-20(11-23)17-34(28(24)36)30-12-21(13-30)27(35)32-29(30)37/h5-11,21-22,25-26H,1-4,12-13,15-17H2,(H,32,35,37)/t21?,25-,26+,30?/m0/s1. The molecule has 5 fully saturated rings. The Balaban J connectivity index is 1.03. The number of nitrogens with zero attached hydrogens (tertiary/aromatic N) is 3. The molecule has 8 heteroatoms. The van der Waals surface area contributed by atoms with Gasteiger partial charge in [0, 0.05) is 43.1 Å². The summed E-state index contributed by atoms with van der Waals surface area (Å²) < 4.78 is 6.58. The minimum absolute atomic E-state index is 0.0954. The molecule has 8 nitrogen and oxygen atoms in total. The van der Waals surface area contributed by atoms with Gasteiger partial charge in [0.2, 0.25) is 5.91 Å². The molecule has 194 valence electrons. The Labute approximate surface area is 221 Å². The van der Waals surface area contributed by atoms with E-state index in [2.05, 4.69) is 28.4 Å². The largest absolute Gasteiger partial charge is 0.489 e. The van der Waals surface area contributed by atoms with Crippen LogP contribution in [0.4, 0.5) is 0 Å². The number of carbonyl (C=O) groups is 3. The van der Waals surface area contributed by atoms with Crippen molar-refractivity contribution in [2.75, 3.05) is 13.1 Å². The zero-order valence-corrected chi connectivity index (χ0v) is 21.2. The van der Waals surface area contributed by atoms with Crippen LogP contribution in [-0.4, -0.2) is 58.3 Å². The van der Waals surface area contributed by atoms with E-state index in [-0.39, 0.29) is 29.7 Å². The fourth-order valence-corrected chi connectivity index (χ4v) is 7.15. The van der Waals surface area contributed by atoms with E-state index in [1.807, 2.05) is 30.3 Å². The number of hydrogen-bond acceptors (Lipinski definition) is 6. The molecule has 0 spiro atoms. The SMILES string of the molecule is N#Cc1ccc(C2CN([C@H]3CCCC[C@H]3Oc3ccc4c(c3)CN(C35CC(C3)C(=O)NC5=O)C4=O)C2)cc1. The third-order valence-corrected chi connectivity index (χ3v) is 9.44. The maximum Gasteiger partial charge on any atom is 0.255 e. The highest BCUT2D eigenvalue weighted by Gasteiger charge is 2.63. The highest BCUT2D eigenvalue weighted by Crippen LogP contribution is 2.49. The van der Waals surface area contributed by atoms with Crippen molar-refractivity contribution in [3.8, 4) is 11.8 Å². The van der Waals surface area contributed by atoms with Crippen LogP contribution >= 0.6 is 0 Å². The first-order valence-electron chi connectivity index (χ1n) is 13.7. The average Bonchev–Trinajstić information content (AvgIpc) is 3.19. The first-order chi connectivity index (χ1) is 18.4. The molecule has 2 aliphatic carbocycles. The summed E-state index contributed by atoms with van der Waals surface area (Å²) in [4.78, 5) is 42.0. The summed E-state index contributed by atoms with van der Waals surface area (Å²) in [5.74, 6) is 0.376. The lowest BCUT2D eigenvalue weighted by molar-refractivity contribution is -0.160. The number of fused-ring (bicyclic) bond motifs is 3. The molecule has 0 unspecified atom stereocenters. The van der Waals surface area contributed by atoms with Gasteiger partial charge in [0.1, 0.15) is 17.4 Å². The molecular formula is C30H30N4O4. The summed E-state index contributed by atoms with van der Waals surface area (Å²) in [5.41, 5.74) is 2.58. The number of ether oxygens (including phenoxy) is 1. The maximum atomic E-state index is 13.2. The molecule has 38 heavy (non-hydrogen) atoms. The molecule has 6 aliphatic rings. The normalized spacial score (nSPS) is 30.7. The van der Waals surface area contributed by atoms with Crippen LogP contribution in [0.3, 0.4) is 0 Å². The van der Waals surface area contributed by atoms with Crippen LogP contribution in [0.1, 0.15) is 71.5 Å². The molecule has 3 amide bonds. The topological polar surface area (TPSA) is 103 Å². The minimum Gasteiger partial charge on any atom is -0.489 e. The van der Waals surface area contributed by atoms with E-state index >= 15 is 0 Å². The monoisotopic (exact) mass is 510 g/mol. The van der Waals surface area contributed by atoms with E-state index in [0.717, 1.165) is 43.7 Å². The number of rotatable bonds is 5. The van der Waals surface area contributed by atoms with Crippen molar-refractivity contribution in [3.63, 3.8) is 0 Å². The average molecular weight is 511 g/mol. The van der Waals surface area contributed by atoms with Crippen molar-refractivity contribution in [1.82, 2.24) is 15.1 Å². The Kier molecular flexibility index (Phi) is 5.34. The van der Waals surface area contributed by atoms with Crippen LogP contribution < -0.4 is 10.1 Å². The Morgan fingerprint density at radius 1 is 0.974 bits per heavy atom. The van der Waals surface area contributed by atoms with Gasteiger partial charge in [-0.3, -0.25) is 24.6 Å². The number of nitrogens with one attached hydrogen (secondary N) is 1. The van der Waals surface area contributed by atoms with Crippen LogP contribution in [0.5, 0.6) is 5.75 Å². The molecule has 2 atom stereocenters. The van der Waals surface area contributed by atoms with Crippen LogP contribution in [0, 0.1) is 17.2 Å². The number of piperidine rings is 2. The Hall–Kier alpha value is -3.70. The summed E-state index contributed by atoms with van der Waals surface area (Å²) in [6.45, 7) is 2.36. The lowest BCUT2D eigenvalue weighted by Crippen LogP contribution is -2.73. The predicted molar refractivity (Wildman–Crippen MR) is 137 cm³/mol. The van der Waals surface area contributed by atoms with E-state index in [1.54, 1.807) is 4.90 Å². The van der Waals surface area contributed by atoms with Gasteiger partial charge in [-0.2, -0.15) is 5.26 Å². The molecule has 4 aliphatic heterocycles. The molecule has 2 aromatic rings. The van der Waals surface area contributed by atoms with E-state index in [4.69, 9.17) is 10.00 Å². The second kappa shape index (κ2) is 8.67. The van der Waals surface area contributed by atoms with Crippen molar-refractivity contribution >= 4 is 17.7 Å². The van der Waals surface area contributed by atoms with Crippen molar-refractivity contribution in [2.45, 2.75) is 68.7 Å². The van der Waals surface area contributed by atoms with Gasteiger partial charge in [0.05, 0.1) is 11.6 Å². The first-order valence-corrected chi connectivity index (χ1v) is 13.7. The number of hydrogen-bond donors (Lipinski definition) is 1. The number of benzene rings is 2. The number of amides is 3. The lowest BCUT2D eigenvalue weighted by Gasteiger charge is -2.53. The first kappa shape index (κ1) is 23.4. The predicted octanol–water partition coefficient (Wildman–Crippen LogP) is 3.11. The van der Waals surface area contributed by atoms with Crippen molar-refractivity contribution < 1.29 is 19.1 Å². The minimum atomic E-state index is -0.896. The van der Waals surface area contributed by atoms with E-state index in [1.165, 1.54) is 12.0 Å². The van der Waals surface area contributed by atoms with Gasteiger partial charge < -0.3 is 9.64 Å². The smallest absolute Gasteiger partial charge is 0.255 e. The third kappa shape index (κ3) is 3.56. The molecule has 0 radical (unpaired) electrons. The van der Waals surface area contributed by atoms with Crippen LogP contribution in [0.25, 0.3) is 0 Å². The van der Waals surface area contributed by atoms with Gasteiger partial charge in [-0.05, 0) is 73.6 Å². The fourth-order valence-electron chi connectivity index (χ4n) is 7.15. The van der Waals surface area contributed by atoms with Crippen LogP contribution in [0.15, 0.2) is 42.5 Å². The second-order valence-electron chi connectivity index (χ2n) is 11.6. The Bertz CT molecular complexity index is 1370. The van der Waals surface area contributed by atoms with Gasteiger partial charge in [-0.15, -0.1) is 0 Å². The van der Waals surface area contributed by atoms with Crippen LogP contribution in [-0.2, 0) is 16.1 Å². The van der Waals surface area contributed by atoms with E-state index in [9.17, 15) is 14.4 Å². The fraction of sp³-hybridized carbons (Fsp3) is 0.467. The van der Waals surface area contributed by atoms with Gasteiger partial charge in [0.25, 0.3) is 11.8 Å². The third-order valence-electron chi connectivity index (χ3n) is 9.44. The number of imide groups is 1.